The summed E-state index contributed by atoms with van der Waals surface area (Å²) in [4.78, 5) is 24.8. The molecule has 0 aromatic heterocycles. The fourth-order valence-electron chi connectivity index (χ4n) is 2.91. The van der Waals surface area contributed by atoms with E-state index in [4.69, 9.17) is 4.74 Å². The number of benzene rings is 3. The third kappa shape index (κ3) is 7.32. The lowest BCUT2D eigenvalue weighted by Crippen LogP contribution is -2.24. The van der Waals surface area contributed by atoms with Crippen LogP contribution in [0.3, 0.4) is 0 Å². The Morgan fingerprint density at radius 3 is 2.44 bits per heavy atom. The van der Waals surface area contributed by atoms with Gasteiger partial charge in [0.1, 0.15) is 12.4 Å². The maximum atomic E-state index is 12.4. The molecule has 3 aromatic rings. The number of amides is 2. The molecule has 0 aliphatic carbocycles. The van der Waals surface area contributed by atoms with E-state index in [9.17, 15) is 9.59 Å². The Morgan fingerprint density at radius 1 is 0.906 bits per heavy atom. The lowest BCUT2D eigenvalue weighted by atomic mass is 10.1. The first-order valence-electron chi connectivity index (χ1n) is 10.3. The van der Waals surface area contributed by atoms with Gasteiger partial charge in [-0.05, 0) is 48.4 Å². The van der Waals surface area contributed by atoms with E-state index in [1.54, 1.807) is 24.3 Å². The Bertz CT molecular complexity index is 1080. The van der Waals surface area contributed by atoms with E-state index in [1.165, 1.54) is 0 Å². The van der Waals surface area contributed by atoms with Gasteiger partial charge in [0.05, 0.1) is 6.54 Å². The zero-order valence-corrected chi connectivity index (χ0v) is 18.1. The van der Waals surface area contributed by atoms with Gasteiger partial charge in [-0.3, -0.25) is 9.59 Å². The van der Waals surface area contributed by atoms with Crippen LogP contribution < -0.4 is 20.7 Å². The molecule has 3 rings (SSSR count). The fourth-order valence-corrected chi connectivity index (χ4v) is 2.91. The Hall–Kier alpha value is -4.06. The molecule has 3 aromatic carbocycles. The minimum Gasteiger partial charge on any atom is -0.489 e. The molecular weight excluding hydrogens is 402 g/mol. The van der Waals surface area contributed by atoms with Crippen molar-refractivity contribution >= 4 is 23.2 Å². The second kappa shape index (κ2) is 11.4. The van der Waals surface area contributed by atoms with Crippen molar-refractivity contribution in [3.8, 4) is 5.75 Å². The van der Waals surface area contributed by atoms with Crippen molar-refractivity contribution in [2.75, 3.05) is 23.8 Å². The molecule has 3 N–H and O–H groups in total. The summed E-state index contributed by atoms with van der Waals surface area (Å²) < 4.78 is 5.62. The van der Waals surface area contributed by atoms with Crippen molar-refractivity contribution in [1.29, 1.82) is 0 Å². The Labute approximate surface area is 188 Å². The standard InChI is InChI=1S/C26H27N3O3/c1-19(2)18-32-24-13-7-11-22(15-24)27-17-25(30)29-23-12-6-10-21(14-23)26(31)28-16-20-8-4-3-5-9-20/h3-15,27H,1,16-18H2,2H3,(H,28,31)(H,29,30). The summed E-state index contributed by atoms with van der Waals surface area (Å²) in [5.74, 6) is 0.280. The van der Waals surface area contributed by atoms with Gasteiger partial charge >= 0.3 is 0 Å². The highest BCUT2D eigenvalue weighted by Gasteiger charge is 2.08. The van der Waals surface area contributed by atoms with E-state index < -0.39 is 0 Å². The highest BCUT2D eigenvalue weighted by atomic mass is 16.5. The molecule has 0 saturated heterocycles. The molecule has 6 heteroatoms. The minimum atomic E-state index is -0.222. The van der Waals surface area contributed by atoms with Crippen LogP contribution in [-0.2, 0) is 11.3 Å². The molecule has 0 unspecified atom stereocenters. The van der Waals surface area contributed by atoms with E-state index in [1.807, 2.05) is 61.5 Å². The molecule has 2 amide bonds. The lowest BCUT2D eigenvalue weighted by Gasteiger charge is -2.11. The summed E-state index contributed by atoms with van der Waals surface area (Å²) in [7, 11) is 0. The molecule has 0 fully saturated rings. The maximum Gasteiger partial charge on any atom is 0.251 e. The van der Waals surface area contributed by atoms with E-state index in [-0.39, 0.29) is 18.4 Å². The minimum absolute atomic E-state index is 0.0777. The Morgan fingerprint density at radius 2 is 1.66 bits per heavy atom. The number of ether oxygens (including phenoxy) is 1. The van der Waals surface area contributed by atoms with Gasteiger partial charge in [-0.1, -0.05) is 49.0 Å². The lowest BCUT2D eigenvalue weighted by molar-refractivity contribution is -0.114. The number of carbonyl (C=O) groups excluding carboxylic acids is 2. The summed E-state index contributed by atoms with van der Waals surface area (Å²) in [6, 6.07) is 23.9. The van der Waals surface area contributed by atoms with Gasteiger partial charge in [0.25, 0.3) is 5.91 Å². The van der Waals surface area contributed by atoms with Crippen LogP contribution >= 0.6 is 0 Å². The zero-order valence-electron chi connectivity index (χ0n) is 18.1. The second-order valence-electron chi connectivity index (χ2n) is 7.42. The molecule has 0 heterocycles. The van der Waals surface area contributed by atoms with E-state index in [0.29, 0.717) is 30.2 Å². The highest BCUT2D eigenvalue weighted by molar-refractivity contribution is 5.98. The zero-order chi connectivity index (χ0) is 22.8. The van der Waals surface area contributed by atoms with Crippen LogP contribution in [0.2, 0.25) is 0 Å². The van der Waals surface area contributed by atoms with E-state index in [0.717, 1.165) is 16.8 Å². The monoisotopic (exact) mass is 429 g/mol. The third-order valence-corrected chi connectivity index (χ3v) is 4.48. The molecule has 0 saturated carbocycles. The molecule has 0 aliphatic rings. The molecule has 164 valence electrons. The molecule has 0 aliphatic heterocycles. The van der Waals surface area contributed by atoms with Crippen molar-refractivity contribution in [2.24, 2.45) is 0 Å². The van der Waals surface area contributed by atoms with Gasteiger partial charge in [0.15, 0.2) is 0 Å². The Kier molecular flexibility index (Phi) is 8.03. The number of nitrogens with one attached hydrogen (secondary N) is 3. The second-order valence-corrected chi connectivity index (χ2v) is 7.42. The number of hydrogen-bond acceptors (Lipinski definition) is 4. The molecule has 32 heavy (non-hydrogen) atoms. The first-order valence-corrected chi connectivity index (χ1v) is 10.3. The van der Waals surface area contributed by atoms with E-state index >= 15 is 0 Å². The SMILES string of the molecule is C=C(C)COc1cccc(NCC(=O)Nc2cccc(C(=O)NCc3ccccc3)c2)c1. The van der Waals surface area contributed by atoms with Crippen molar-refractivity contribution in [3.63, 3.8) is 0 Å². The molecule has 0 spiro atoms. The highest BCUT2D eigenvalue weighted by Crippen LogP contribution is 2.18. The average molecular weight is 430 g/mol. The first-order chi connectivity index (χ1) is 15.5. The average Bonchev–Trinajstić information content (AvgIpc) is 2.81. The quantitative estimate of drug-likeness (QED) is 0.411. The number of hydrogen-bond donors (Lipinski definition) is 3. The van der Waals surface area contributed by atoms with Crippen LogP contribution in [0, 0.1) is 0 Å². The van der Waals surface area contributed by atoms with Crippen LogP contribution in [0.1, 0.15) is 22.8 Å². The van der Waals surface area contributed by atoms with Crippen molar-refractivity contribution in [2.45, 2.75) is 13.5 Å². The van der Waals surface area contributed by atoms with Crippen molar-refractivity contribution < 1.29 is 14.3 Å². The van der Waals surface area contributed by atoms with E-state index in [2.05, 4.69) is 22.5 Å². The molecule has 0 radical (unpaired) electrons. The van der Waals surface area contributed by atoms with Crippen molar-refractivity contribution in [1.82, 2.24) is 5.32 Å². The number of anilines is 2. The van der Waals surface area contributed by atoms with Gasteiger partial charge in [-0.15, -0.1) is 0 Å². The summed E-state index contributed by atoms with van der Waals surface area (Å²) in [6.45, 7) is 6.67. The van der Waals surface area contributed by atoms with Gasteiger partial charge in [-0.25, -0.2) is 0 Å². The number of rotatable bonds is 10. The van der Waals surface area contributed by atoms with Crippen molar-refractivity contribution in [3.05, 3.63) is 102 Å². The summed E-state index contributed by atoms with van der Waals surface area (Å²) >= 11 is 0. The summed E-state index contributed by atoms with van der Waals surface area (Å²) in [6.07, 6.45) is 0. The van der Waals surface area contributed by atoms with Crippen LogP contribution in [-0.4, -0.2) is 25.0 Å². The molecular formula is C26H27N3O3. The largest absolute Gasteiger partial charge is 0.489 e. The van der Waals surface area contributed by atoms with Gasteiger partial charge in [-0.2, -0.15) is 0 Å². The Balaban J connectivity index is 1.50. The molecule has 0 atom stereocenters. The van der Waals surface area contributed by atoms with Gasteiger partial charge in [0.2, 0.25) is 5.91 Å². The third-order valence-electron chi connectivity index (χ3n) is 4.48. The van der Waals surface area contributed by atoms with Crippen LogP contribution in [0.4, 0.5) is 11.4 Å². The number of carbonyl (C=O) groups is 2. The predicted molar refractivity (Wildman–Crippen MR) is 128 cm³/mol. The van der Waals surface area contributed by atoms with Crippen LogP contribution in [0.5, 0.6) is 5.75 Å². The molecule has 6 nitrogen and oxygen atoms in total. The maximum absolute atomic E-state index is 12.4. The predicted octanol–water partition coefficient (Wildman–Crippen LogP) is 4.62. The smallest absolute Gasteiger partial charge is 0.251 e. The summed E-state index contributed by atoms with van der Waals surface area (Å²) in [5.41, 5.74) is 3.76. The first kappa shape index (κ1) is 22.6. The van der Waals surface area contributed by atoms with Gasteiger partial charge in [0, 0.05) is 29.5 Å². The molecule has 0 bridgehead atoms. The van der Waals surface area contributed by atoms with Crippen LogP contribution in [0.25, 0.3) is 0 Å². The fraction of sp³-hybridized carbons (Fsp3) is 0.154. The van der Waals surface area contributed by atoms with Gasteiger partial charge < -0.3 is 20.7 Å². The topological polar surface area (TPSA) is 79.5 Å². The normalized spacial score (nSPS) is 10.2. The van der Waals surface area contributed by atoms with Crippen LogP contribution in [0.15, 0.2) is 91.0 Å². The summed E-state index contributed by atoms with van der Waals surface area (Å²) in [5, 5.41) is 8.77.